The molecule has 168 valence electrons. The van der Waals surface area contributed by atoms with Gasteiger partial charge in [-0.2, -0.15) is 5.26 Å². The van der Waals surface area contributed by atoms with Gasteiger partial charge in [0.15, 0.2) is 0 Å². The molecule has 2 aliphatic rings. The lowest BCUT2D eigenvalue weighted by Crippen LogP contribution is -2.41. The van der Waals surface area contributed by atoms with E-state index in [-0.39, 0.29) is 24.3 Å². The number of nitrogens with zero attached hydrogens (tertiary/aromatic N) is 3. The second-order valence-corrected chi connectivity index (χ2v) is 8.11. The summed E-state index contributed by atoms with van der Waals surface area (Å²) in [5.41, 5.74) is 3.41. The first kappa shape index (κ1) is 21.3. The lowest BCUT2D eigenvalue weighted by molar-refractivity contribution is 0.0675. The second kappa shape index (κ2) is 9.55. The maximum Gasteiger partial charge on any atom is 0.223 e. The molecule has 2 aliphatic heterocycles. The molecule has 33 heavy (non-hydrogen) atoms. The smallest absolute Gasteiger partial charge is 0.223 e. The van der Waals surface area contributed by atoms with Crippen LogP contribution in [0.5, 0.6) is 5.75 Å². The highest BCUT2D eigenvalue weighted by Crippen LogP contribution is 2.31. The van der Waals surface area contributed by atoms with Crippen LogP contribution in [0.3, 0.4) is 0 Å². The molecule has 2 aromatic carbocycles. The second-order valence-electron chi connectivity index (χ2n) is 8.11. The summed E-state index contributed by atoms with van der Waals surface area (Å²) in [6.45, 7) is 1.73. The Hall–Kier alpha value is -3.51. The first-order chi connectivity index (χ1) is 16.2. The van der Waals surface area contributed by atoms with Gasteiger partial charge in [-0.25, -0.2) is 9.97 Å². The van der Waals surface area contributed by atoms with Crippen molar-refractivity contribution in [2.24, 2.45) is 0 Å². The number of para-hydroxylation sites is 1. The fourth-order valence-electron chi connectivity index (χ4n) is 4.40. The highest BCUT2D eigenvalue weighted by molar-refractivity contribution is 5.67. The lowest BCUT2D eigenvalue weighted by Gasteiger charge is -2.18. The van der Waals surface area contributed by atoms with Gasteiger partial charge >= 0.3 is 0 Å². The number of aromatic nitrogens is 2. The molecular weight excluding hydrogens is 418 g/mol. The summed E-state index contributed by atoms with van der Waals surface area (Å²) in [6.07, 6.45) is 1.59. The Kier molecular flexibility index (Phi) is 6.17. The molecule has 3 aromatic rings. The zero-order valence-electron chi connectivity index (χ0n) is 18.3. The molecule has 2 fully saturated rings. The average Bonchev–Trinajstić information content (AvgIpc) is 3.46. The van der Waals surface area contributed by atoms with E-state index in [1.807, 2.05) is 48.5 Å². The Morgan fingerprint density at radius 2 is 1.88 bits per heavy atom. The van der Waals surface area contributed by atoms with E-state index in [2.05, 4.69) is 26.7 Å². The van der Waals surface area contributed by atoms with E-state index < -0.39 is 0 Å². The molecule has 5 rings (SSSR count). The zero-order valence-corrected chi connectivity index (χ0v) is 18.3. The quantitative estimate of drug-likeness (QED) is 0.575. The molecule has 0 aliphatic carbocycles. The minimum Gasteiger partial charge on any atom is -0.496 e. The molecule has 0 saturated carbocycles. The van der Waals surface area contributed by atoms with Crippen molar-refractivity contribution in [2.75, 3.05) is 25.6 Å². The van der Waals surface area contributed by atoms with E-state index in [0.29, 0.717) is 31.3 Å². The predicted octanol–water partition coefficient (Wildman–Crippen LogP) is 2.76. The molecule has 2 saturated heterocycles. The first-order valence-corrected chi connectivity index (χ1v) is 10.9. The molecular formula is C25H25N5O3. The molecule has 0 radical (unpaired) electrons. The monoisotopic (exact) mass is 443 g/mol. The maximum absolute atomic E-state index is 9.09. The van der Waals surface area contributed by atoms with Crippen LogP contribution in [0.25, 0.3) is 11.3 Å². The van der Waals surface area contributed by atoms with Gasteiger partial charge in [-0.15, -0.1) is 0 Å². The van der Waals surface area contributed by atoms with Crippen molar-refractivity contribution in [2.45, 2.75) is 30.8 Å². The first-order valence-electron chi connectivity index (χ1n) is 10.9. The van der Waals surface area contributed by atoms with Crippen molar-refractivity contribution in [1.82, 2.24) is 15.3 Å². The normalized spacial score (nSPS) is 23.6. The third-order valence-electron chi connectivity index (χ3n) is 6.03. The molecule has 2 N–H and O–H groups in total. The standard InChI is InChI=1S/C25H25N5O3/c1-31-22-8-3-2-7-18(22)19-9-10-27-25(29-19)30-21-15-33-23-20(14-32-24(21)23)28-13-17-6-4-5-16(11-17)12-26/h2-11,20-21,23-24,28H,13-15H2,1H3,(H,27,29,30)/t20-,21-,23+,24+/m0/s1. The summed E-state index contributed by atoms with van der Waals surface area (Å²) < 4.78 is 17.6. The molecule has 8 nitrogen and oxygen atoms in total. The number of hydrogen-bond donors (Lipinski definition) is 2. The highest BCUT2D eigenvalue weighted by Gasteiger charge is 2.47. The lowest BCUT2D eigenvalue weighted by atomic mass is 10.1. The highest BCUT2D eigenvalue weighted by atomic mass is 16.6. The number of benzene rings is 2. The Labute approximate surface area is 192 Å². The van der Waals surface area contributed by atoms with Crippen LogP contribution in [0.4, 0.5) is 5.95 Å². The summed E-state index contributed by atoms with van der Waals surface area (Å²) >= 11 is 0. The zero-order chi connectivity index (χ0) is 22.6. The SMILES string of the molecule is COc1ccccc1-c1ccnc(N[C@H]2CO[C@H]3[C@@H]2OC[C@@H]3NCc2cccc(C#N)c2)n1. The number of ether oxygens (including phenoxy) is 3. The predicted molar refractivity (Wildman–Crippen MR) is 123 cm³/mol. The van der Waals surface area contributed by atoms with Crippen LogP contribution in [-0.4, -0.2) is 54.6 Å². The van der Waals surface area contributed by atoms with Crippen LogP contribution in [0.15, 0.2) is 60.8 Å². The van der Waals surface area contributed by atoms with Gasteiger partial charge in [0.1, 0.15) is 18.0 Å². The van der Waals surface area contributed by atoms with Crippen LogP contribution < -0.4 is 15.4 Å². The van der Waals surface area contributed by atoms with E-state index in [1.165, 1.54) is 0 Å². The van der Waals surface area contributed by atoms with Gasteiger partial charge in [-0.05, 0) is 35.9 Å². The van der Waals surface area contributed by atoms with Gasteiger partial charge in [-0.1, -0.05) is 24.3 Å². The third-order valence-corrected chi connectivity index (χ3v) is 6.03. The van der Waals surface area contributed by atoms with Gasteiger partial charge in [-0.3, -0.25) is 0 Å². The molecule has 0 amide bonds. The van der Waals surface area contributed by atoms with Crippen molar-refractivity contribution in [3.8, 4) is 23.1 Å². The Morgan fingerprint density at radius 3 is 2.73 bits per heavy atom. The van der Waals surface area contributed by atoms with Gasteiger partial charge in [0.25, 0.3) is 0 Å². The number of anilines is 1. The number of fused-ring (bicyclic) bond motifs is 1. The van der Waals surface area contributed by atoms with E-state index in [4.69, 9.17) is 19.5 Å². The third kappa shape index (κ3) is 4.52. The number of methoxy groups -OCH3 is 1. The van der Waals surface area contributed by atoms with Crippen LogP contribution in [-0.2, 0) is 16.0 Å². The Balaban J connectivity index is 1.23. The van der Waals surface area contributed by atoms with Crippen molar-refractivity contribution in [3.63, 3.8) is 0 Å². The number of nitriles is 1. The van der Waals surface area contributed by atoms with Gasteiger partial charge < -0.3 is 24.8 Å². The molecule has 0 unspecified atom stereocenters. The number of hydrogen-bond acceptors (Lipinski definition) is 8. The van der Waals surface area contributed by atoms with Crippen LogP contribution in [0.1, 0.15) is 11.1 Å². The largest absolute Gasteiger partial charge is 0.496 e. The van der Waals surface area contributed by atoms with Crippen LogP contribution >= 0.6 is 0 Å². The van der Waals surface area contributed by atoms with Crippen LogP contribution in [0, 0.1) is 11.3 Å². The topological polar surface area (TPSA) is 101 Å². The van der Waals surface area contributed by atoms with Crippen molar-refractivity contribution in [1.29, 1.82) is 5.26 Å². The van der Waals surface area contributed by atoms with Crippen LogP contribution in [0.2, 0.25) is 0 Å². The Bertz CT molecular complexity index is 1160. The summed E-state index contributed by atoms with van der Waals surface area (Å²) in [4.78, 5) is 9.08. The summed E-state index contributed by atoms with van der Waals surface area (Å²) in [5, 5.41) is 16.0. The number of rotatable bonds is 7. The van der Waals surface area contributed by atoms with E-state index in [9.17, 15) is 0 Å². The molecule has 8 heteroatoms. The van der Waals surface area contributed by atoms with Crippen molar-refractivity contribution >= 4 is 5.95 Å². The maximum atomic E-state index is 9.09. The summed E-state index contributed by atoms with van der Waals surface area (Å²) in [5.74, 6) is 1.29. The van der Waals surface area contributed by atoms with Crippen molar-refractivity contribution in [3.05, 3.63) is 71.9 Å². The van der Waals surface area contributed by atoms with E-state index >= 15 is 0 Å². The number of nitrogens with one attached hydrogen (secondary N) is 2. The molecule has 3 heterocycles. The molecule has 0 spiro atoms. The van der Waals surface area contributed by atoms with Gasteiger partial charge in [0.05, 0.1) is 49.7 Å². The molecule has 4 atom stereocenters. The van der Waals surface area contributed by atoms with E-state index in [0.717, 1.165) is 22.6 Å². The van der Waals surface area contributed by atoms with Gasteiger partial charge in [0, 0.05) is 18.3 Å². The summed E-state index contributed by atoms with van der Waals surface area (Å²) in [7, 11) is 1.65. The minimum absolute atomic E-state index is 0.0448. The summed E-state index contributed by atoms with van der Waals surface area (Å²) in [6, 6.07) is 19.5. The van der Waals surface area contributed by atoms with Crippen molar-refractivity contribution < 1.29 is 14.2 Å². The Morgan fingerprint density at radius 1 is 1.06 bits per heavy atom. The fraction of sp³-hybridized carbons (Fsp3) is 0.320. The van der Waals surface area contributed by atoms with Gasteiger partial charge in [0.2, 0.25) is 5.95 Å². The molecule has 1 aromatic heterocycles. The fourth-order valence-corrected chi connectivity index (χ4v) is 4.40. The van der Waals surface area contributed by atoms with E-state index in [1.54, 1.807) is 19.4 Å². The minimum atomic E-state index is -0.0912. The average molecular weight is 444 g/mol. The molecule has 0 bridgehead atoms.